The van der Waals surface area contributed by atoms with E-state index in [4.69, 9.17) is 11.6 Å². The van der Waals surface area contributed by atoms with Crippen LogP contribution in [0.1, 0.15) is 18.1 Å². The van der Waals surface area contributed by atoms with Gasteiger partial charge < -0.3 is 10.2 Å². The van der Waals surface area contributed by atoms with E-state index < -0.39 is 11.7 Å². The number of likely N-dealkylation sites (N-methyl/N-ethyl adjacent to an activating group) is 1. The van der Waals surface area contributed by atoms with Gasteiger partial charge in [-0.15, -0.1) is 0 Å². The molecule has 0 heterocycles. The number of hydrogen-bond acceptors (Lipinski definition) is 2. The Kier molecular flexibility index (Phi) is 7.09. The molecule has 0 aliphatic rings. The number of carbonyl (C=O) groups excluding carboxylic acids is 2. The summed E-state index contributed by atoms with van der Waals surface area (Å²) in [4.78, 5) is 25.8. The van der Waals surface area contributed by atoms with Crippen molar-refractivity contribution in [2.45, 2.75) is 19.9 Å². The molecule has 4 nitrogen and oxygen atoms in total. The molecule has 0 aliphatic carbocycles. The quantitative estimate of drug-likeness (QED) is 0.801. The predicted octanol–water partition coefficient (Wildman–Crippen LogP) is 3.33. The van der Waals surface area contributed by atoms with Crippen LogP contribution in [0.15, 0.2) is 42.5 Å². The zero-order valence-electron chi connectivity index (χ0n) is 14.3. The van der Waals surface area contributed by atoms with Crippen LogP contribution in [0.3, 0.4) is 0 Å². The molecule has 1 N–H and O–H groups in total. The zero-order chi connectivity index (χ0) is 19.1. The lowest BCUT2D eigenvalue weighted by molar-refractivity contribution is -0.135. The Morgan fingerprint density at radius 3 is 2.42 bits per heavy atom. The molecule has 0 radical (unpaired) electrons. The second-order valence-corrected chi connectivity index (χ2v) is 6.10. The highest BCUT2D eigenvalue weighted by atomic mass is 35.5. The Morgan fingerprint density at radius 2 is 1.81 bits per heavy atom. The minimum absolute atomic E-state index is 0.115. The van der Waals surface area contributed by atoms with Crippen LogP contribution < -0.4 is 5.32 Å². The van der Waals surface area contributed by atoms with Crippen molar-refractivity contribution < 1.29 is 18.4 Å². The molecule has 2 rings (SSSR count). The second-order valence-electron chi connectivity index (χ2n) is 5.69. The lowest BCUT2D eigenvalue weighted by atomic mass is 10.1. The first-order valence-electron chi connectivity index (χ1n) is 8.12. The van der Waals surface area contributed by atoms with Crippen LogP contribution in [-0.4, -0.2) is 29.8 Å². The molecule has 138 valence electrons. The molecule has 2 amide bonds. The third-order valence-electron chi connectivity index (χ3n) is 3.86. The first-order chi connectivity index (χ1) is 12.4. The smallest absolute Gasteiger partial charge is 0.239 e. The summed E-state index contributed by atoms with van der Waals surface area (Å²) in [5.74, 6) is -1.65. The zero-order valence-corrected chi connectivity index (χ0v) is 15.0. The maximum atomic E-state index is 13.8. The molecule has 0 aromatic heterocycles. The van der Waals surface area contributed by atoms with Gasteiger partial charge in [0.05, 0.1) is 13.0 Å². The van der Waals surface area contributed by atoms with Crippen LogP contribution in [0.5, 0.6) is 0 Å². The van der Waals surface area contributed by atoms with Crippen molar-refractivity contribution in [1.82, 2.24) is 10.2 Å². The van der Waals surface area contributed by atoms with Crippen molar-refractivity contribution in [3.8, 4) is 0 Å². The van der Waals surface area contributed by atoms with E-state index in [2.05, 4.69) is 5.32 Å². The summed E-state index contributed by atoms with van der Waals surface area (Å²) in [6, 6.07) is 9.96. The van der Waals surface area contributed by atoms with Gasteiger partial charge in [-0.25, -0.2) is 8.78 Å². The fourth-order valence-corrected chi connectivity index (χ4v) is 2.60. The Bertz CT molecular complexity index is 761. The van der Waals surface area contributed by atoms with E-state index in [0.29, 0.717) is 6.54 Å². The highest BCUT2D eigenvalue weighted by Gasteiger charge is 2.19. The summed E-state index contributed by atoms with van der Waals surface area (Å²) < 4.78 is 26.7. The van der Waals surface area contributed by atoms with Crippen LogP contribution in [0.4, 0.5) is 8.78 Å². The van der Waals surface area contributed by atoms with Gasteiger partial charge in [-0.05, 0) is 36.8 Å². The molecule has 0 atom stereocenters. The maximum Gasteiger partial charge on any atom is 0.239 e. The maximum absolute atomic E-state index is 13.8. The van der Waals surface area contributed by atoms with Crippen molar-refractivity contribution in [2.24, 2.45) is 0 Å². The first-order valence-corrected chi connectivity index (χ1v) is 8.50. The van der Waals surface area contributed by atoms with Gasteiger partial charge in [-0.3, -0.25) is 9.59 Å². The van der Waals surface area contributed by atoms with Gasteiger partial charge in [0, 0.05) is 23.7 Å². The molecule has 0 unspecified atom stereocenters. The highest BCUT2D eigenvalue weighted by Crippen LogP contribution is 2.20. The molecule has 0 fully saturated rings. The molecular weight excluding hydrogens is 362 g/mol. The highest BCUT2D eigenvalue weighted by molar-refractivity contribution is 6.31. The van der Waals surface area contributed by atoms with Crippen LogP contribution in [0.25, 0.3) is 0 Å². The Labute approximate surface area is 155 Å². The Hall–Kier alpha value is -2.47. The predicted molar refractivity (Wildman–Crippen MR) is 95.6 cm³/mol. The normalized spacial score (nSPS) is 10.5. The lowest BCUT2D eigenvalue weighted by Gasteiger charge is -2.21. The Morgan fingerprint density at radius 1 is 1.12 bits per heavy atom. The van der Waals surface area contributed by atoms with Crippen molar-refractivity contribution in [1.29, 1.82) is 0 Å². The number of nitrogens with zero attached hydrogens (tertiary/aromatic N) is 1. The summed E-state index contributed by atoms with van der Waals surface area (Å²) in [6.45, 7) is 2.11. The van der Waals surface area contributed by atoms with Gasteiger partial charge >= 0.3 is 0 Å². The number of carbonyl (C=O) groups is 2. The fraction of sp³-hybridized carbons (Fsp3) is 0.263. The van der Waals surface area contributed by atoms with Crippen molar-refractivity contribution >= 4 is 23.4 Å². The number of nitrogens with one attached hydrogen (secondary N) is 1. The van der Waals surface area contributed by atoms with Crippen LogP contribution in [-0.2, 0) is 22.6 Å². The standard InChI is InChI=1S/C19H19ClF2N2O2/c1-2-24(19(26)10-15-16(20)4-3-5-17(15)22)12-18(25)23-11-13-6-8-14(21)9-7-13/h3-9H,2,10-12H2,1H3,(H,23,25). The molecule has 0 aliphatic heterocycles. The fourth-order valence-electron chi connectivity index (χ4n) is 2.37. The average molecular weight is 381 g/mol. The summed E-state index contributed by atoms with van der Waals surface area (Å²) in [5, 5.41) is 2.85. The molecule has 26 heavy (non-hydrogen) atoms. The number of benzene rings is 2. The average Bonchev–Trinajstić information content (AvgIpc) is 2.62. The minimum Gasteiger partial charge on any atom is -0.350 e. The lowest BCUT2D eigenvalue weighted by Crippen LogP contribution is -2.41. The summed E-state index contributed by atoms with van der Waals surface area (Å²) >= 11 is 5.94. The minimum atomic E-state index is -0.553. The van der Waals surface area contributed by atoms with E-state index in [-0.39, 0.29) is 41.8 Å². The molecule has 0 saturated carbocycles. The van der Waals surface area contributed by atoms with Crippen molar-refractivity contribution in [3.63, 3.8) is 0 Å². The molecule has 2 aromatic rings. The Balaban J connectivity index is 1.91. The molecule has 7 heteroatoms. The van der Waals surface area contributed by atoms with Crippen LogP contribution in [0, 0.1) is 11.6 Å². The number of rotatable bonds is 7. The van der Waals surface area contributed by atoms with E-state index in [1.54, 1.807) is 19.1 Å². The van der Waals surface area contributed by atoms with Gasteiger partial charge in [0.2, 0.25) is 11.8 Å². The largest absolute Gasteiger partial charge is 0.350 e. The summed E-state index contributed by atoms with van der Waals surface area (Å²) in [5.41, 5.74) is 0.858. The number of halogens is 3. The summed E-state index contributed by atoms with van der Waals surface area (Å²) in [6.07, 6.45) is -0.218. The van der Waals surface area contributed by atoms with Crippen molar-refractivity contribution in [2.75, 3.05) is 13.1 Å². The number of hydrogen-bond donors (Lipinski definition) is 1. The van der Waals surface area contributed by atoms with E-state index in [1.807, 2.05) is 0 Å². The molecule has 0 spiro atoms. The SMILES string of the molecule is CCN(CC(=O)NCc1ccc(F)cc1)C(=O)Cc1c(F)cccc1Cl. The molecule has 2 aromatic carbocycles. The molecular formula is C19H19ClF2N2O2. The van der Waals surface area contributed by atoms with E-state index in [0.717, 1.165) is 5.56 Å². The van der Waals surface area contributed by atoms with Gasteiger partial charge in [0.1, 0.15) is 11.6 Å². The van der Waals surface area contributed by atoms with E-state index in [9.17, 15) is 18.4 Å². The van der Waals surface area contributed by atoms with Gasteiger partial charge in [-0.2, -0.15) is 0 Å². The first kappa shape index (κ1) is 19.8. The van der Waals surface area contributed by atoms with Gasteiger partial charge in [0.15, 0.2) is 0 Å². The van der Waals surface area contributed by atoms with Crippen LogP contribution in [0.2, 0.25) is 5.02 Å². The number of amides is 2. The van der Waals surface area contributed by atoms with E-state index in [1.165, 1.54) is 35.2 Å². The summed E-state index contributed by atoms with van der Waals surface area (Å²) in [7, 11) is 0. The van der Waals surface area contributed by atoms with Gasteiger partial charge in [0.25, 0.3) is 0 Å². The molecule has 0 saturated heterocycles. The van der Waals surface area contributed by atoms with E-state index >= 15 is 0 Å². The third-order valence-corrected chi connectivity index (χ3v) is 4.22. The second kappa shape index (κ2) is 9.29. The van der Waals surface area contributed by atoms with Gasteiger partial charge in [-0.1, -0.05) is 29.8 Å². The van der Waals surface area contributed by atoms with Crippen LogP contribution >= 0.6 is 11.6 Å². The third kappa shape index (κ3) is 5.52. The monoisotopic (exact) mass is 380 g/mol. The van der Waals surface area contributed by atoms with Crippen molar-refractivity contribution in [3.05, 3.63) is 70.2 Å². The molecule has 0 bridgehead atoms. The topological polar surface area (TPSA) is 49.4 Å².